The van der Waals surface area contributed by atoms with Crippen LogP contribution in [-0.4, -0.2) is 73.7 Å². The molecule has 2 aromatic rings. The van der Waals surface area contributed by atoms with E-state index in [0.29, 0.717) is 32.0 Å². The third-order valence-electron chi connectivity index (χ3n) is 5.43. The first kappa shape index (κ1) is 26.2. The van der Waals surface area contributed by atoms with Crippen molar-refractivity contribution >= 4 is 39.4 Å². The van der Waals surface area contributed by atoms with Gasteiger partial charge in [-0.3, -0.25) is 9.59 Å². The van der Waals surface area contributed by atoms with E-state index in [0.717, 1.165) is 6.26 Å². The highest BCUT2D eigenvalue weighted by molar-refractivity contribution is 7.86. The van der Waals surface area contributed by atoms with Crippen LogP contribution in [0.2, 0.25) is 0 Å². The van der Waals surface area contributed by atoms with Crippen LogP contribution in [0.5, 0.6) is 5.75 Å². The maximum atomic E-state index is 13.0. The van der Waals surface area contributed by atoms with Gasteiger partial charge in [0.25, 0.3) is 11.8 Å². The lowest BCUT2D eigenvalue weighted by Crippen LogP contribution is -2.40. The second-order valence-corrected chi connectivity index (χ2v) is 10.1. The maximum absolute atomic E-state index is 13.0. The van der Waals surface area contributed by atoms with Gasteiger partial charge in [0.15, 0.2) is 5.75 Å². The minimum atomic E-state index is -3.91. The summed E-state index contributed by atoms with van der Waals surface area (Å²) in [7, 11) is -3.91. The second kappa shape index (κ2) is 10.9. The fourth-order valence-corrected chi connectivity index (χ4v) is 3.65. The van der Waals surface area contributed by atoms with Gasteiger partial charge in [-0.2, -0.15) is 13.4 Å². The van der Waals surface area contributed by atoms with Crippen molar-refractivity contribution in [2.75, 3.05) is 43.2 Å². The molecule has 190 valence electrons. The van der Waals surface area contributed by atoms with Gasteiger partial charge in [-0.1, -0.05) is 13.8 Å². The molecule has 1 aliphatic rings. The van der Waals surface area contributed by atoms with Crippen LogP contribution in [0.3, 0.4) is 0 Å². The van der Waals surface area contributed by atoms with Crippen LogP contribution in [0.25, 0.3) is 0 Å². The zero-order chi connectivity index (χ0) is 25.8. The fourth-order valence-electron chi connectivity index (χ4n) is 3.19. The Hall–Kier alpha value is -3.45. The maximum Gasteiger partial charge on any atom is 0.306 e. The van der Waals surface area contributed by atoms with Crippen molar-refractivity contribution in [3.05, 3.63) is 35.5 Å². The molecule has 0 radical (unpaired) electrons. The van der Waals surface area contributed by atoms with Crippen LogP contribution in [0.1, 0.15) is 41.5 Å². The summed E-state index contributed by atoms with van der Waals surface area (Å²) in [6.07, 6.45) is 2.20. The van der Waals surface area contributed by atoms with E-state index in [4.69, 9.17) is 14.7 Å². The summed E-state index contributed by atoms with van der Waals surface area (Å²) in [6.45, 7) is 7.57. The summed E-state index contributed by atoms with van der Waals surface area (Å²) >= 11 is 0. The number of aromatic nitrogens is 2. The Labute approximate surface area is 204 Å². The molecule has 2 amide bonds. The molecule has 13 heteroatoms. The molecule has 0 bridgehead atoms. The van der Waals surface area contributed by atoms with Crippen LogP contribution < -0.4 is 20.6 Å². The third kappa shape index (κ3) is 7.02. The molecular weight excluding hydrogens is 476 g/mol. The largest absolute Gasteiger partial charge is 0.382 e. The van der Waals surface area contributed by atoms with Gasteiger partial charge in [0.1, 0.15) is 5.82 Å². The van der Waals surface area contributed by atoms with E-state index in [9.17, 15) is 18.0 Å². The summed E-state index contributed by atoms with van der Waals surface area (Å²) < 4.78 is 34.1. The van der Waals surface area contributed by atoms with Gasteiger partial charge in [0.05, 0.1) is 30.6 Å². The Morgan fingerprint density at radius 3 is 2.46 bits per heavy atom. The van der Waals surface area contributed by atoms with Crippen molar-refractivity contribution < 1.29 is 26.9 Å². The van der Waals surface area contributed by atoms with E-state index in [1.165, 1.54) is 18.3 Å². The molecule has 1 aliphatic heterocycles. The van der Waals surface area contributed by atoms with Gasteiger partial charge in [-0.05, 0) is 25.0 Å². The predicted molar refractivity (Wildman–Crippen MR) is 130 cm³/mol. The Balaban J connectivity index is 1.92. The highest BCUT2D eigenvalue weighted by atomic mass is 32.2. The molecular formula is C22H30N6O6S. The van der Waals surface area contributed by atoms with Gasteiger partial charge >= 0.3 is 10.1 Å². The SMILES string of the molecule is CC(C)C(C)Nc1nc(Nc2ccc(C(=O)N3CCOCC3)c(OS(C)(=O)=O)c2)ncc1C(N)=O. The molecule has 1 saturated heterocycles. The summed E-state index contributed by atoms with van der Waals surface area (Å²) in [4.78, 5) is 34.9. The van der Waals surface area contributed by atoms with Gasteiger partial charge < -0.3 is 30.2 Å². The molecule has 0 spiro atoms. The molecule has 0 aliphatic carbocycles. The third-order valence-corrected chi connectivity index (χ3v) is 5.91. The number of nitrogens with two attached hydrogens (primary N) is 1. The predicted octanol–water partition coefficient (Wildman–Crippen LogP) is 1.59. The summed E-state index contributed by atoms with van der Waals surface area (Å²) in [5, 5.41) is 6.11. The molecule has 2 heterocycles. The van der Waals surface area contributed by atoms with E-state index in [2.05, 4.69) is 20.6 Å². The number of hydrogen-bond donors (Lipinski definition) is 3. The van der Waals surface area contributed by atoms with Crippen LogP contribution in [-0.2, 0) is 14.9 Å². The molecule has 1 atom stereocenters. The van der Waals surface area contributed by atoms with Gasteiger partial charge in [-0.15, -0.1) is 0 Å². The smallest absolute Gasteiger partial charge is 0.306 e. The van der Waals surface area contributed by atoms with E-state index in [-0.39, 0.29) is 46.5 Å². The number of benzene rings is 1. The first-order valence-corrected chi connectivity index (χ1v) is 12.9. The highest BCUT2D eigenvalue weighted by Crippen LogP contribution is 2.28. The first-order valence-electron chi connectivity index (χ1n) is 11.1. The number of ether oxygens (including phenoxy) is 1. The minimum absolute atomic E-state index is 0.00361. The zero-order valence-electron chi connectivity index (χ0n) is 20.1. The Bertz CT molecular complexity index is 1200. The number of hydrogen-bond acceptors (Lipinski definition) is 10. The number of anilines is 3. The van der Waals surface area contributed by atoms with E-state index in [1.807, 2.05) is 20.8 Å². The number of morpholine rings is 1. The van der Waals surface area contributed by atoms with Gasteiger partial charge in [-0.25, -0.2) is 4.98 Å². The topological polar surface area (TPSA) is 166 Å². The molecule has 0 saturated carbocycles. The minimum Gasteiger partial charge on any atom is -0.382 e. The molecule has 3 rings (SSSR count). The zero-order valence-corrected chi connectivity index (χ0v) is 20.9. The average Bonchev–Trinajstić information content (AvgIpc) is 2.78. The first-order chi connectivity index (χ1) is 16.4. The molecule has 35 heavy (non-hydrogen) atoms. The van der Waals surface area contributed by atoms with Crippen LogP contribution in [0.15, 0.2) is 24.4 Å². The Morgan fingerprint density at radius 1 is 1.17 bits per heavy atom. The average molecular weight is 507 g/mol. The Morgan fingerprint density at radius 2 is 1.86 bits per heavy atom. The number of nitrogens with zero attached hydrogens (tertiary/aromatic N) is 3. The number of amides is 2. The molecule has 1 fully saturated rings. The summed E-state index contributed by atoms with van der Waals surface area (Å²) in [5.74, 6) is -0.516. The van der Waals surface area contributed by atoms with Crippen LogP contribution in [0.4, 0.5) is 17.5 Å². The van der Waals surface area contributed by atoms with Crippen molar-refractivity contribution in [1.29, 1.82) is 0 Å². The van der Waals surface area contributed by atoms with Crippen molar-refractivity contribution in [3.8, 4) is 5.75 Å². The van der Waals surface area contributed by atoms with Crippen LogP contribution in [0, 0.1) is 5.92 Å². The number of carbonyl (C=O) groups excluding carboxylic acids is 2. The normalized spacial score (nSPS) is 14.9. The fraction of sp³-hybridized carbons (Fsp3) is 0.455. The Kier molecular flexibility index (Phi) is 8.12. The van der Waals surface area contributed by atoms with E-state index >= 15 is 0 Å². The lowest BCUT2D eigenvalue weighted by Gasteiger charge is -2.27. The number of nitrogens with one attached hydrogen (secondary N) is 2. The molecule has 4 N–H and O–H groups in total. The molecule has 12 nitrogen and oxygen atoms in total. The van der Waals surface area contributed by atoms with Crippen LogP contribution >= 0.6 is 0 Å². The molecule has 1 aromatic carbocycles. The van der Waals surface area contributed by atoms with E-state index in [1.54, 1.807) is 11.0 Å². The summed E-state index contributed by atoms with van der Waals surface area (Å²) in [6, 6.07) is 4.43. The number of primary amides is 1. The second-order valence-electron chi connectivity index (χ2n) is 8.53. The van der Waals surface area contributed by atoms with Crippen molar-refractivity contribution in [2.24, 2.45) is 11.7 Å². The van der Waals surface area contributed by atoms with Crippen molar-refractivity contribution in [2.45, 2.75) is 26.8 Å². The van der Waals surface area contributed by atoms with Crippen molar-refractivity contribution in [1.82, 2.24) is 14.9 Å². The molecule has 1 unspecified atom stereocenters. The lowest BCUT2D eigenvalue weighted by atomic mass is 10.1. The lowest BCUT2D eigenvalue weighted by molar-refractivity contribution is 0.0302. The highest BCUT2D eigenvalue weighted by Gasteiger charge is 2.24. The van der Waals surface area contributed by atoms with Gasteiger partial charge in [0.2, 0.25) is 5.95 Å². The number of rotatable bonds is 9. The van der Waals surface area contributed by atoms with E-state index < -0.39 is 16.0 Å². The summed E-state index contributed by atoms with van der Waals surface area (Å²) in [5.41, 5.74) is 6.06. The standard InChI is InChI=1S/C22H30N6O6S/c1-13(2)14(3)25-20-17(19(23)29)12-24-22(27-20)26-15-5-6-16(18(11-15)34-35(4,31)32)21(30)28-7-9-33-10-8-28/h5-6,11-14H,7-10H2,1-4H3,(H2,23,29)(H2,24,25,26,27). The monoisotopic (exact) mass is 506 g/mol. The number of carbonyl (C=O) groups is 2. The quantitative estimate of drug-likeness (QED) is 0.425. The van der Waals surface area contributed by atoms with Crippen molar-refractivity contribution in [3.63, 3.8) is 0 Å². The molecule has 1 aromatic heterocycles. The van der Waals surface area contributed by atoms with Gasteiger partial charge in [0, 0.05) is 37.1 Å².